The largest absolute Gasteiger partial charge is 0.497 e. The van der Waals surface area contributed by atoms with Crippen LogP contribution in [0.3, 0.4) is 0 Å². The van der Waals surface area contributed by atoms with Gasteiger partial charge >= 0.3 is 0 Å². The van der Waals surface area contributed by atoms with Gasteiger partial charge in [-0.15, -0.1) is 0 Å². The molecule has 3 aromatic rings. The Morgan fingerprint density at radius 1 is 1.00 bits per heavy atom. The first-order valence-electron chi connectivity index (χ1n) is 10.4. The summed E-state index contributed by atoms with van der Waals surface area (Å²) in [5, 5.41) is 1.87. The van der Waals surface area contributed by atoms with E-state index in [4.69, 9.17) is 23.6 Å². The van der Waals surface area contributed by atoms with E-state index < -0.39 is 0 Å². The minimum absolute atomic E-state index is 0.621. The molecule has 30 heavy (non-hydrogen) atoms. The van der Waals surface area contributed by atoms with Gasteiger partial charge in [-0.1, -0.05) is 0 Å². The van der Waals surface area contributed by atoms with Crippen LogP contribution in [-0.2, 0) is 4.74 Å². The fourth-order valence-electron chi connectivity index (χ4n) is 3.57. The van der Waals surface area contributed by atoms with Crippen molar-refractivity contribution in [1.29, 1.82) is 0 Å². The van der Waals surface area contributed by atoms with Gasteiger partial charge < -0.3 is 18.6 Å². The molecule has 1 aliphatic rings. The highest BCUT2D eigenvalue weighted by molar-refractivity contribution is 5.80. The molecule has 4 rings (SSSR count). The number of fused-ring (bicyclic) bond motifs is 1. The number of hydrogen-bond donors (Lipinski definition) is 0. The normalized spacial score (nSPS) is 15.5. The number of benzene rings is 2. The Morgan fingerprint density at radius 3 is 2.50 bits per heavy atom. The minimum atomic E-state index is 0.621. The van der Waals surface area contributed by atoms with E-state index in [1.54, 1.807) is 7.11 Å². The molecule has 1 fully saturated rings. The zero-order valence-electron chi connectivity index (χ0n) is 17.6. The maximum Gasteiger partial charge on any atom is 0.137 e. The fraction of sp³-hybridized carbons (Fsp3) is 0.375. The summed E-state index contributed by atoms with van der Waals surface area (Å²) in [7, 11) is 1.66. The third-order valence-corrected chi connectivity index (χ3v) is 5.20. The van der Waals surface area contributed by atoms with Gasteiger partial charge in [-0.05, 0) is 49.4 Å². The zero-order chi connectivity index (χ0) is 20.8. The average molecular weight is 408 g/mol. The number of methoxy groups -OCH3 is 1. The highest BCUT2D eigenvalue weighted by Crippen LogP contribution is 2.26. The second kappa shape index (κ2) is 9.78. The van der Waals surface area contributed by atoms with Crippen LogP contribution in [0.2, 0.25) is 0 Å². The van der Waals surface area contributed by atoms with Crippen molar-refractivity contribution < 1.29 is 18.6 Å². The summed E-state index contributed by atoms with van der Waals surface area (Å²) in [5.41, 5.74) is 1.77. The number of rotatable bonds is 7. The topological polar surface area (TPSA) is 56.4 Å². The Hall–Kier alpha value is -2.83. The summed E-state index contributed by atoms with van der Waals surface area (Å²) in [4.78, 5) is 7.31. The molecule has 0 N–H and O–H groups in total. The van der Waals surface area contributed by atoms with E-state index in [0.717, 1.165) is 78.5 Å². The first-order valence-corrected chi connectivity index (χ1v) is 10.4. The summed E-state index contributed by atoms with van der Waals surface area (Å²) in [6.45, 7) is 7.77. The highest BCUT2D eigenvalue weighted by Gasteiger charge is 2.10. The van der Waals surface area contributed by atoms with Crippen LogP contribution in [0.1, 0.15) is 6.92 Å². The van der Waals surface area contributed by atoms with Crippen LogP contribution in [0.15, 0.2) is 57.9 Å². The molecule has 0 saturated carbocycles. The number of hydrogen-bond acceptors (Lipinski definition) is 6. The zero-order valence-corrected chi connectivity index (χ0v) is 17.6. The Morgan fingerprint density at radius 2 is 1.77 bits per heavy atom. The van der Waals surface area contributed by atoms with E-state index in [1.165, 1.54) is 0 Å². The number of nitrogens with zero attached hydrogens (tertiary/aromatic N) is 2. The molecular formula is C24H28N2O4. The SMILES string of the molecule is CCOc1ccc2oc(-c3ccc(OC)cc3)cc(=NCCN3CCOCC3)c2c1. The van der Waals surface area contributed by atoms with Crippen LogP contribution in [0.25, 0.3) is 22.3 Å². The van der Waals surface area contributed by atoms with Gasteiger partial charge in [0, 0.05) is 36.7 Å². The first-order chi connectivity index (χ1) is 14.8. The maximum absolute atomic E-state index is 6.21. The van der Waals surface area contributed by atoms with Gasteiger partial charge in [0.1, 0.15) is 22.8 Å². The summed E-state index contributed by atoms with van der Waals surface area (Å²) in [6, 6.07) is 15.8. The number of morpholine rings is 1. The van der Waals surface area contributed by atoms with E-state index in [9.17, 15) is 0 Å². The van der Waals surface area contributed by atoms with Gasteiger partial charge in [0.25, 0.3) is 0 Å². The third kappa shape index (κ3) is 4.83. The molecule has 0 aliphatic carbocycles. The summed E-state index contributed by atoms with van der Waals surface area (Å²) < 4.78 is 22.6. The van der Waals surface area contributed by atoms with E-state index in [1.807, 2.05) is 55.5 Å². The lowest BCUT2D eigenvalue weighted by Gasteiger charge is -2.25. The molecule has 158 valence electrons. The van der Waals surface area contributed by atoms with Gasteiger partial charge in [0.2, 0.25) is 0 Å². The molecule has 1 aromatic heterocycles. The minimum Gasteiger partial charge on any atom is -0.497 e. The van der Waals surface area contributed by atoms with Crippen molar-refractivity contribution in [1.82, 2.24) is 4.90 Å². The third-order valence-electron chi connectivity index (χ3n) is 5.20. The van der Waals surface area contributed by atoms with Gasteiger partial charge in [0.05, 0.1) is 38.8 Å². The molecule has 0 unspecified atom stereocenters. The molecule has 0 atom stereocenters. The number of ether oxygens (including phenoxy) is 3. The van der Waals surface area contributed by atoms with Crippen LogP contribution >= 0.6 is 0 Å². The average Bonchev–Trinajstić information content (AvgIpc) is 2.80. The first kappa shape index (κ1) is 20.4. The Balaban J connectivity index is 1.70. The molecule has 2 heterocycles. The molecule has 6 heteroatoms. The van der Waals surface area contributed by atoms with Crippen molar-refractivity contribution in [2.45, 2.75) is 6.92 Å². The second-order valence-corrected chi connectivity index (χ2v) is 7.15. The lowest BCUT2D eigenvalue weighted by Crippen LogP contribution is -2.37. The van der Waals surface area contributed by atoms with Crippen LogP contribution in [0.5, 0.6) is 11.5 Å². The smallest absolute Gasteiger partial charge is 0.137 e. The molecule has 0 amide bonds. The van der Waals surface area contributed by atoms with Gasteiger partial charge in [0.15, 0.2) is 0 Å². The fourth-order valence-corrected chi connectivity index (χ4v) is 3.57. The van der Waals surface area contributed by atoms with Gasteiger partial charge in [-0.25, -0.2) is 0 Å². The van der Waals surface area contributed by atoms with E-state index in [2.05, 4.69) is 4.90 Å². The quantitative estimate of drug-likeness (QED) is 0.596. The van der Waals surface area contributed by atoms with Crippen LogP contribution < -0.4 is 14.8 Å². The molecular weight excluding hydrogens is 380 g/mol. The van der Waals surface area contributed by atoms with Crippen molar-refractivity contribution in [3.8, 4) is 22.8 Å². The highest BCUT2D eigenvalue weighted by atomic mass is 16.5. The Labute approximate surface area is 176 Å². The lowest BCUT2D eigenvalue weighted by molar-refractivity contribution is 0.0394. The monoisotopic (exact) mass is 408 g/mol. The van der Waals surface area contributed by atoms with Gasteiger partial charge in [-0.3, -0.25) is 9.89 Å². The van der Waals surface area contributed by atoms with E-state index in [0.29, 0.717) is 6.61 Å². The predicted molar refractivity (Wildman–Crippen MR) is 117 cm³/mol. The molecule has 0 spiro atoms. The molecule has 1 saturated heterocycles. The van der Waals surface area contributed by atoms with Crippen LogP contribution in [0.4, 0.5) is 0 Å². The van der Waals surface area contributed by atoms with Crippen molar-refractivity contribution >= 4 is 11.0 Å². The van der Waals surface area contributed by atoms with E-state index in [-0.39, 0.29) is 0 Å². The molecule has 6 nitrogen and oxygen atoms in total. The maximum atomic E-state index is 6.21. The lowest BCUT2D eigenvalue weighted by atomic mass is 10.1. The van der Waals surface area contributed by atoms with Crippen molar-refractivity contribution in [2.24, 2.45) is 4.99 Å². The molecule has 2 aromatic carbocycles. The van der Waals surface area contributed by atoms with Crippen molar-refractivity contribution in [2.75, 3.05) is 53.1 Å². The standard InChI is InChI=1S/C24H28N2O4/c1-3-29-20-8-9-23-21(16-20)22(25-10-11-26-12-14-28-15-13-26)17-24(30-23)18-4-6-19(27-2)7-5-18/h4-9,16-17H,3,10-15H2,1-2H3. The second-order valence-electron chi connectivity index (χ2n) is 7.15. The summed E-state index contributed by atoms with van der Waals surface area (Å²) in [6.07, 6.45) is 0. The summed E-state index contributed by atoms with van der Waals surface area (Å²) in [5.74, 6) is 2.41. The van der Waals surface area contributed by atoms with Gasteiger partial charge in [-0.2, -0.15) is 0 Å². The predicted octanol–water partition coefficient (Wildman–Crippen LogP) is 3.74. The summed E-state index contributed by atoms with van der Waals surface area (Å²) >= 11 is 0. The Kier molecular flexibility index (Phi) is 6.67. The van der Waals surface area contributed by atoms with Crippen molar-refractivity contribution in [3.63, 3.8) is 0 Å². The van der Waals surface area contributed by atoms with Crippen LogP contribution in [-0.4, -0.2) is 58.0 Å². The van der Waals surface area contributed by atoms with Crippen molar-refractivity contribution in [3.05, 3.63) is 53.9 Å². The van der Waals surface area contributed by atoms with E-state index >= 15 is 0 Å². The van der Waals surface area contributed by atoms with Crippen LogP contribution in [0, 0.1) is 0 Å². The Bertz CT molecular complexity index is 1040. The molecule has 0 bridgehead atoms. The molecule has 1 aliphatic heterocycles. The molecule has 0 radical (unpaired) electrons.